The van der Waals surface area contributed by atoms with Gasteiger partial charge in [0.1, 0.15) is 14.2 Å². The maximum atomic E-state index is 13.1. The minimum absolute atomic E-state index is 0.0126. The SMILES string of the molecule is CC[Si](C#C[C@]1(COCc2ccccc2)OC(n2cc(C)c(=O)[nH]c2=O)[C@H](OC(C)=O)[C@@H]1OCc1ccccc1)(CC)CC. The summed E-state index contributed by atoms with van der Waals surface area (Å²) < 4.78 is 26.7. The van der Waals surface area contributed by atoms with Gasteiger partial charge < -0.3 is 18.9 Å². The number of H-pyrrole nitrogens is 1. The summed E-state index contributed by atoms with van der Waals surface area (Å²) in [6.45, 7) is 9.84. The van der Waals surface area contributed by atoms with Gasteiger partial charge in [0.15, 0.2) is 17.9 Å². The highest BCUT2D eigenvalue weighted by atomic mass is 28.3. The van der Waals surface area contributed by atoms with E-state index >= 15 is 0 Å². The number of hydrogen-bond donors (Lipinski definition) is 1. The van der Waals surface area contributed by atoms with Crippen LogP contribution in [0.1, 0.15) is 50.6 Å². The molecule has 0 radical (unpaired) electrons. The summed E-state index contributed by atoms with van der Waals surface area (Å²) in [5, 5.41) is 0. The maximum absolute atomic E-state index is 13.1. The van der Waals surface area contributed by atoms with Crippen molar-refractivity contribution in [3.8, 4) is 11.5 Å². The molecule has 1 unspecified atom stereocenters. The molecule has 2 heterocycles. The number of aromatic amines is 1. The van der Waals surface area contributed by atoms with Crippen molar-refractivity contribution >= 4 is 14.0 Å². The zero-order valence-electron chi connectivity index (χ0n) is 26.1. The number of aromatic nitrogens is 2. The Bertz CT molecular complexity index is 1570. The van der Waals surface area contributed by atoms with Crippen LogP contribution in [0.4, 0.5) is 0 Å². The molecule has 1 aromatic heterocycles. The van der Waals surface area contributed by atoms with E-state index in [1.165, 1.54) is 17.7 Å². The highest BCUT2D eigenvalue weighted by Crippen LogP contribution is 2.41. The number of hydrogen-bond acceptors (Lipinski definition) is 7. The molecule has 4 rings (SSSR count). The highest BCUT2D eigenvalue weighted by molar-refractivity contribution is 6.87. The van der Waals surface area contributed by atoms with E-state index in [2.05, 4.69) is 37.2 Å². The second kappa shape index (κ2) is 14.8. The first-order valence-corrected chi connectivity index (χ1v) is 17.8. The largest absolute Gasteiger partial charge is 0.455 e. The van der Waals surface area contributed by atoms with Crippen molar-refractivity contribution in [1.29, 1.82) is 0 Å². The number of benzene rings is 2. The molecule has 0 spiro atoms. The van der Waals surface area contributed by atoms with Gasteiger partial charge in [-0.1, -0.05) is 87.4 Å². The van der Waals surface area contributed by atoms with Gasteiger partial charge in [-0.05, 0) is 36.2 Å². The smallest absolute Gasteiger partial charge is 0.330 e. The lowest BCUT2D eigenvalue weighted by atomic mass is 9.96. The van der Waals surface area contributed by atoms with E-state index in [-0.39, 0.29) is 19.8 Å². The van der Waals surface area contributed by atoms with Gasteiger partial charge in [0.25, 0.3) is 5.56 Å². The fourth-order valence-corrected chi connectivity index (χ4v) is 7.96. The van der Waals surface area contributed by atoms with Crippen LogP contribution in [0.3, 0.4) is 0 Å². The number of nitrogens with one attached hydrogen (secondary N) is 1. The normalized spacial score (nSPS) is 21.4. The summed E-state index contributed by atoms with van der Waals surface area (Å²) in [6, 6.07) is 22.2. The first-order valence-electron chi connectivity index (χ1n) is 15.1. The molecule has 3 aromatic rings. The van der Waals surface area contributed by atoms with Gasteiger partial charge in [-0.25, -0.2) is 4.79 Å². The van der Waals surface area contributed by atoms with E-state index in [0.29, 0.717) is 5.56 Å². The molecular weight excluding hydrogens is 576 g/mol. The molecule has 1 saturated heterocycles. The number of ether oxygens (including phenoxy) is 4. The third-order valence-corrected chi connectivity index (χ3v) is 13.1. The molecule has 1 aliphatic rings. The first-order chi connectivity index (χ1) is 21.2. The molecule has 1 aliphatic heterocycles. The molecule has 44 heavy (non-hydrogen) atoms. The predicted molar refractivity (Wildman–Crippen MR) is 171 cm³/mol. The summed E-state index contributed by atoms with van der Waals surface area (Å²) in [4.78, 5) is 40.3. The van der Waals surface area contributed by atoms with Crippen LogP contribution in [-0.4, -0.2) is 48.0 Å². The Morgan fingerprint density at radius 1 is 0.977 bits per heavy atom. The molecule has 0 bridgehead atoms. The minimum Gasteiger partial charge on any atom is -0.455 e. The molecule has 4 atom stereocenters. The van der Waals surface area contributed by atoms with E-state index in [0.717, 1.165) is 29.3 Å². The number of carbonyl (C=O) groups excluding carboxylic acids is 1. The third kappa shape index (κ3) is 7.66. The Kier molecular flexibility index (Phi) is 11.2. The second-order valence-corrected chi connectivity index (χ2v) is 16.2. The summed E-state index contributed by atoms with van der Waals surface area (Å²) in [6.07, 6.45) is -1.74. The molecule has 1 N–H and O–H groups in total. The number of carbonyl (C=O) groups is 1. The van der Waals surface area contributed by atoms with Crippen molar-refractivity contribution in [2.75, 3.05) is 6.61 Å². The third-order valence-electron chi connectivity index (χ3n) is 8.36. The molecule has 0 aliphatic carbocycles. The van der Waals surface area contributed by atoms with Crippen LogP contribution in [0.5, 0.6) is 0 Å². The number of nitrogens with zero attached hydrogens (tertiary/aromatic N) is 1. The van der Waals surface area contributed by atoms with Crippen LogP contribution in [0.15, 0.2) is 76.4 Å². The van der Waals surface area contributed by atoms with Gasteiger partial charge in [-0.15, -0.1) is 5.54 Å². The van der Waals surface area contributed by atoms with E-state index in [4.69, 9.17) is 18.9 Å². The zero-order valence-corrected chi connectivity index (χ0v) is 27.1. The number of rotatable bonds is 12. The Hall–Kier alpha value is -3.75. The Labute approximate surface area is 259 Å². The van der Waals surface area contributed by atoms with Gasteiger partial charge in [-0.3, -0.25) is 19.1 Å². The number of esters is 1. The standard InChI is InChI=1S/C34H42N2O7Si/c1-6-44(7-2,8-3)20-19-34(24-40-22-27-15-11-9-12-16-27)30(41-23-28-17-13-10-14-18-28)29(42-26(5)37)32(43-34)36-21-25(4)31(38)35-33(36)39/h9-18,21,29-30,32H,6-8,22-24H2,1-5H3,(H,35,38,39)/t29-,30+,32?,34-/m1/s1. The lowest BCUT2D eigenvalue weighted by Gasteiger charge is -2.31. The van der Waals surface area contributed by atoms with E-state index < -0.39 is 49.3 Å². The molecular formula is C34H42N2O7Si. The van der Waals surface area contributed by atoms with Gasteiger partial charge in [0.2, 0.25) is 0 Å². The van der Waals surface area contributed by atoms with Gasteiger partial charge in [0.05, 0.1) is 19.8 Å². The molecule has 1 fully saturated rings. The molecule has 9 nitrogen and oxygen atoms in total. The van der Waals surface area contributed by atoms with Crippen LogP contribution >= 0.6 is 0 Å². The summed E-state index contributed by atoms with van der Waals surface area (Å²) in [7, 11) is -2.01. The molecule has 234 valence electrons. The summed E-state index contributed by atoms with van der Waals surface area (Å²) in [5.41, 5.74) is 3.20. The van der Waals surface area contributed by atoms with Crippen molar-refractivity contribution in [2.45, 2.75) is 90.0 Å². The summed E-state index contributed by atoms with van der Waals surface area (Å²) in [5.74, 6) is 2.90. The fraction of sp³-hybridized carbons (Fsp3) is 0.441. The fourth-order valence-electron chi connectivity index (χ4n) is 5.46. The Balaban J connectivity index is 1.87. The van der Waals surface area contributed by atoms with Crippen molar-refractivity contribution in [3.05, 3.63) is 104 Å². The van der Waals surface area contributed by atoms with Crippen LogP contribution in [-0.2, 0) is 37.0 Å². The zero-order chi connectivity index (χ0) is 31.7. The second-order valence-electron chi connectivity index (χ2n) is 11.2. The van der Waals surface area contributed by atoms with Crippen LogP contribution < -0.4 is 11.2 Å². The lowest BCUT2D eigenvalue weighted by Crippen LogP contribution is -2.49. The van der Waals surface area contributed by atoms with Crippen LogP contribution in [0.2, 0.25) is 18.1 Å². The minimum atomic E-state index is -2.01. The van der Waals surface area contributed by atoms with Crippen molar-refractivity contribution in [1.82, 2.24) is 9.55 Å². The van der Waals surface area contributed by atoms with Crippen molar-refractivity contribution < 1.29 is 23.7 Å². The average molecular weight is 619 g/mol. The van der Waals surface area contributed by atoms with E-state index in [1.54, 1.807) is 6.92 Å². The van der Waals surface area contributed by atoms with E-state index in [1.807, 2.05) is 60.7 Å². The van der Waals surface area contributed by atoms with Gasteiger partial charge in [0, 0.05) is 18.7 Å². The Morgan fingerprint density at radius 2 is 1.57 bits per heavy atom. The monoisotopic (exact) mass is 618 g/mol. The van der Waals surface area contributed by atoms with Gasteiger partial charge in [-0.2, -0.15) is 0 Å². The molecule has 2 aromatic carbocycles. The molecule has 0 saturated carbocycles. The summed E-state index contributed by atoms with van der Waals surface area (Å²) >= 11 is 0. The maximum Gasteiger partial charge on any atom is 0.330 e. The molecule has 10 heteroatoms. The van der Waals surface area contributed by atoms with Crippen LogP contribution in [0.25, 0.3) is 0 Å². The first kappa shape index (κ1) is 33.1. The molecule has 0 amide bonds. The van der Waals surface area contributed by atoms with Crippen LogP contribution in [0, 0.1) is 18.4 Å². The van der Waals surface area contributed by atoms with Gasteiger partial charge >= 0.3 is 11.7 Å². The quantitative estimate of drug-likeness (QED) is 0.175. The average Bonchev–Trinajstić information content (AvgIpc) is 3.31. The topological polar surface area (TPSA) is 109 Å². The van der Waals surface area contributed by atoms with E-state index in [9.17, 15) is 14.4 Å². The van der Waals surface area contributed by atoms with Crippen molar-refractivity contribution in [2.24, 2.45) is 0 Å². The number of aryl methyl sites for hydroxylation is 1. The van der Waals surface area contributed by atoms with Crippen molar-refractivity contribution in [3.63, 3.8) is 0 Å². The predicted octanol–water partition coefficient (Wildman–Crippen LogP) is 4.90. The lowest BCUT2D eigenvalue weighted by molar-refractivity contribution is -0.158. The highest BCUT2D eigenvalue weighted by Gasteiger charge is 2.59. The Morgan fingerprint density at radius 3 is 2.14 bits per heavy atom.